The molecular formula is C10H10BrN5O2S. The summed E-state index contributed by atoms with van der Waals surface area (Å²) < 4.78 is 0.663. The molecule has 2 rings (SSSR count). The van der Waals surface area contributed by atoms with Gasteiger partial charge in [0.25, 0.3) is 5.56 Å². The summed E-state index contributed by atoms with van der Waals surface area (Å²) in [5.41, 5.74) is -0.121. The van der Waals surface area contributed by atoms with Gasteiger partial charge in [0.2, 0.25) is 0 Å². The molecule has 7 nitrogen and oxygen atoms in total. The fraction of sp³-hybridized carbons (Fsp3) is 0.200. The maximum absolute atomic E-state index is 11.6. The smallest absolute Gasteiger partial charge is 0.325 e. The van der Waals surface area contributed by atoms with Gasteiger partial charge < -0.3 is 10.3 Å². The van der Waals surface area contributed by atoms with E-state index < -0.39 is 11.2 Å². The van der Waals surface area contributed by atoms with Gasteiger partial charge >= 0.3 is 5.69 Å². The highest BCUT2D eigenvalue weighted by atomic mass is 79.9. The first kappa shape index (κ1) is 13.8. The van der Waals surface area contributed by atoms with Crippen LogP contribution in [0.4, 0.5) is 11.5 Å². The van der Waals surface area contributed by atoms with Gasteiger partial charge in [0.1, 0.15) is 11.5 Å². The number of hydrogen-bond donors (Lipinski definition) is 3. The molecule has 0 fully saturated rings. The first-order valence-corrected chi connectivity index (χ1v) is 7.20. The Kier molecular flexibility index (Phi) is 4.05. The summed E-state index contributed by atoms with van der Waals surface area (Å²) in [5.74, 6) is 0.467. The van der Waals surface area contributed by atoms with Crippen LogP contribution in [0.3, 0.4) is 0 Å². The van der Waals surface area contributed by atoms with Crippen molar-refractivity contribution in [3.63, 3.8) is 0 Å². The zero-order chi connectivity index (χ0) is 14.0. The summed E-state index contributed by atoms with van der Waals surface area (Å²) in [6.07, 6.45) is 3.16. The van der Waals surface area contributed by atoms with Crippen molar-refractivity contribution in [2.24, 2.45) is 0 Å². The number of halogens is 1. The quantitative estimate of drug-likeness (QED) is 0.574. The number of nitrogens with one attached hydrogen (secondary N) is 3. The number of aromatic amines is 2. The summed E-state index contributed by atoms with van der Waals surface area (Å²) in [7, 11) is 0. The maximum atomic E-state index is 11.6. The molecular weight excluding hydrogens is 334 g/mol. The van der Waals surface area contributed by atoms with Gasteiger partial charge in [-0.1, -0.05) is 11.8 Å². The lowest BCUT2D eigenvalue weighted by Crippen LogP contribution is -2.23. The Bertz CT molecular complexity index is 727. The molecule has 0 amide bonds. The van der Waals surface area contributed by atoms with Gasteiger partial charge in [-0.15, -0.1) is 0 Å². The third-order valence-electron chi connectivity index (χ3n) is 2.25. The molecule has 2 aromatic rings. The van der Waals surface area contributed by atoms with Crippen molar-refractivity contribution >= 4 is 39.2 Å². The number of hydrogen-bond acceptors (Lipinski definition) is 6. The van der Waals surface area contributed by atoms with E-state index in [2.05, 4.69) is 41.2 Å². The lowest BCUT2D eigenvalue weighted by atomic mass is 10.4. The van der Waals surface area contributed by atoms with Crippen molar-refractivity contribution in [2.75, 3.05) is 11.6 Å². The fourth-order valence-electron chi connectivity index (χ4n) is 1.34. The molecule has 2 aromatic heterocycles. The van der Waals surface area contributed by atoms with Crippen molar-refractivity contribution < 1.29 is 0 Å². The van der Waals surface area contributed by atoms with Crippen LogP contribution in [-0.2, 0) is 0 Å². The second kappa shape index (κ2) is 5.57. The van der Waals surface area contributed by atoms with Crippen LogP contribution < -0.4 is 16.6 Å². The van der Waals surface area contributed by atoms with Crippen LogP contribution in [0.2, 0.25) is 0 Å². The Morgan fingerprint density at radius 1 is 1.37 bits per heavy atom. The molecule has 2 heterocycles. The molecule has 0 spiro atoms. The molecule has 9 heteroatoms. The molecule has 100 valence electrons. The number of aryl methyl sites for hydroxylation is 1. The minimum absolute atomic E-state index is 0.199. The van der Waals surface area contributed by atoms with Crippen LogP contribution in [0.15, 0.2) is 25.4 Å². The van der Waals surface area contributed by atoms with E-state index in [4.69, 9.17) is 0 Å². The summed E-state index contributed by atoms with van der Waals surface area (Å²) >= 11 is 4.76. The standard InChI is InChI=1S/C10H10BrN5O2S/c1-4-6(11)7(15-10(13-4)19-2)14-5-3-12-9(18)16-8(5)17/h3H,1-2H3,(H,13,14,15)(H2,12,16,17,18). The highest BCUT2D eigenvalue weighted by molar-refractivity contribution is 9.10. The lowest BCUT2D eigenvalue weighted by Gasteiger charge is -2.09. The molecule has 3 N–H and O–H groups in total. The zero-order valence-corrected chi connectivity index (χ0v) is 12.5. The van der Waals surface area contributed by atoms with Crippen molar-refractivity contribution in [3.8, 4) is 0 Å². The van der Waals surface area contributed by atoms with Crippen LogP contribution in [0.5, 0.6) is 0 Å². The fourth-order valence-corrected chi connectivity index (χ4v) is 2.03. The van der Waals surface area contributed by atoms with E-state index in [0.717, 1.165) is 5.69 Å². The molecule has 0 radical (unpaired) electrons. The molecule has 0 aliphatic carbocycles. The molecule has 0 aliphatic heterocycles. The van der Waals surface area contributed by atoms with E-state index in [9.17, 15) is 9.59 Å². The highest BCUT2D eigenvalue weighted by Gasteiger charge is 2.11. The van der Waals surface area contributed by atoms with Crippen LogP contribution in [0.25, 0.3) is 0 Å². The lowest BCUT2D eigenvalue weighted by molar-refractivity contribution is 0.928. The van der Waals surface area contributed by atoms with E-state index >= 15 is 0 Å². The number of thioether (sulfide) groups is 1. The van der Waals surface area contributed by atoms with E-state index in [1.54, 1.807) is 0 Å². The van der Waals surface area contributed by atoms with E-state index in [0.29, 0.717) is 15.4 Å². The molecule has 0 bridgehead atoms. The molecule has 0 unspecified atom stereocenters. The summed E-state index contributed by atoms with van der Waals surface area (Å²) in [6.45, 7) is 1.83. The van der Waals surface area contributed by atoms with Gasteiger partial charge in [-0.25, -0.2) is 14.8 Å². The van der Waals surface area contributed by atoms with Crippen LogP contribution in [-0.4, -0.2) is 26.2 Å². The SMILES string of the molecule is CSc1nc(C)c(Br)c(Nc2c[nH]c(=O)[nH]c2=O)n1. The van der Waals surface area contributed by atoms with Crippen molar-refractivity contribution in [3.05, 3.63) is 37.2 Å². The Balaban J connectivity index is 2.45. The summed E-state index contributed by atoms with van der Waals surface area (Å²) in [4.78, 5) is 35.6. The third-order valence-corrected chi connectivity index (χ3v) is 3.75. The topological polar surface area (TPSA) is 104 Å². The Morgan fingerprint density at radius 2 is 2.11 bits per heavy atom. The Morgan fingerprint density at radius 3 is 2.74 bits per heavy atom. The van der Waals surface area contributed by atoms with Gasteiger partial charge in [0.15, 0.2) is 5.16 Å². The second-order valence-electron chi connectivity index (χ2n) is 3.57. The first-order valence-electron chi connectivity index (χ1n) is 5.18. The van der Waals surface area contributed by atoms with Crippen molar-refractivity contribution in [1.82, 2.24) is 19.9 Å². The minimum atomic E-state index is -0.557. The highest BCUT2D eigenvalue weighted by Crippen LogP contribution is 2.26. The summed E-state index contributed by atoms with van der Waals surface area (Å²) in [6, 6.07) is 0. The average molecular weight is 344 g/mol. The van der Waals surface area contributed by atoms with Gasteiger partial charge in [-0.05, 0) is 29.1 Å². The largest absolute Gasteiger partial charge is 0.333 e. The number of nitrogens with zero attached hydrogens (tertiary/aromatic N) is 2. The van der Waals surface area contributed by atoms with Crippen molar-refractivity contribution in [2.45, 2.75) is 12.1 Å². The second-order valence-corrected chi connectivity index (χ2v) is 5.14. The van der Waals surface area contributed by atoms with E-state index in [-0.39, 0.29) is 5.69 Å². The third kappa shape index (κ3) is 3.04. The number of rotatable bonds is 3. The number of aromatic nitrogens is 4. The number of H-pyrrole nitrogens is 2. The van der Waals surface area contributed by atoms with Crippen LogP contribution in [0, 0.1) is 6.92 Å². The first-order chi connectivity index (χ1) is 9.01. The Labute approximate surface area is 120 Å². The van der Waals surface area contributed by atoms with E-state index in [1.165, 1.54) is 18.0 Å². The molecule has 0 aliphatic rings. The average Bonchev–Trinajstić information content (AvgIpc) is 2.37. The zero-order valence-electron chi connectivity index (χ0n) is 10.1. The summed E-state index contributed by atoms with van der Waals surface area (Å²) in [5, 5.41) is 3.45. The maximum Gasteiger partial charge on any atom is 0.325 e. The molecule has 0 aromatic carbocycles. The Hall–Kier alpha value is -1.61. The van der Waals surface area contributed by atoms with Gasteiger partial charge in [0.05, 0.1) is 10.2 Å². The molecule has 0 atom stereocenters. The predicted octanol–water partition coefficient (Wildman–Crippen LogP) is 1.39. The minimum Gasteiger partial charge on any atom is -0.333 e. The van der Waals surface area contributed by atoms with E-state index in [1.807, 2.05) is 13.2 Å². The van der Waals surface area contributed by atoms with Crippen LogP contribution >= 0.6 is 27.7 Å². The molecule has 0 saturated heterocycles. The van der Waals surface area contributed by atoms with Gasteiger partial charge in [0, 0.05) is 6.20 Å². The predicted molar refractivity (Wildman–Crippen MR) is 77.2 cm³/mol. The van der Waals surface area contributed by atoms with Crippen LogP contribution in [0.1, 0.15) is 5.69 Å². The molecule has 0 saturated carbocycles. The van der Waals surface area contributed by atoms with Gasteiger partial charge in [-0.3, -0.25) is 9.78 Å². The molecule has 19 heavy (non-hydrogen) atoms. The normalized spacial score (nSPS) is 10.5. The number of anilines is 2. The van der Waals surface area contributed by atoms with Crippen molar-refractivity contribution in [1.29, 1.82) is 0 Å². The van der Waals surface area contributed by atoms with Gasteiger partial charge in [-0.2, -0.15) is 0 Å². The monoisotopic (exact) mass is 343 g/mol.